The Balaban J connectivity index is 1.38. The van der Waals surface area contributed by atoms with Crippen LogP contribution in [0.3, 0.4) is 0 Å². The van der Waals surface area contributed by atoms with Crippen molar-refractivity contribution in [2.24, 2.45) is 28.2 Å². The van der Waals surface area contributed by atoms with Gasteiger partial charge in [-0.05, 0) is 55.4 Å². The van der Waals surface area contributed by atoms with Crippen LogP contribution < -0.4 is 5.32 Å². The van der Waals surface area contributed by atoms with Crippen LogP contribution in [0.1, 0.15) is 45.6 Å². The van der Waals surface area contributed by atoms with Crippen molar-refractivity contribution in [2.75, 3.05) is 38.0 Å². The Kier molecular flexibility index (Phi) is 7.08. The average molecular weight is 395 g/mol. The summed E-state index contributed by atoms with van der Waals surface area (Å²) in [4.78, 5) is 19.5. The second-order valence-electron chi connectivity index (χ2n) is 9.57. The number of nitrogens with one attached hydrogen (secondary N) is 1. The van der Waals surface area contributed by atoms with Gasteiger partial charge in [0, 0.05) is 49.4 Å². The molecule has 5 nitrogen and oxygen atoms in total. The molecule has 1 saturated carbocycles. The smallest absolute Gasteiger partial charge is 0.152 e. The lowest BCUT2D eigenvalue weighted by Crippen LogP contribution is -2.46. The number of nitrogens with zero attached hydrogens (tertiary/aromatic N) is 3. The fourth-order valence-corrected chi connectivity index (χ4v) is 4.44. The lowest BCUT2D eigenvalue weighted by molar-refractivity contribution is -0.128. The third-order valence-corrected chi connectivity index (χ3v) is 6.27. The van der Waals surface area contributed by atoms with Crippen LogP contribution in [0, 0.1) is 34.5 Å². The van der Waals surface area contributed by atoms with Crippen molar-refractivity contribution in [2.45, 2.75) is 40.0 Å². The summed E-state index contributed by atoms with van der Waals surface area (Å²) < 4.78 is 0. The zero-order valence-corrected chi connectivity index (χ0v) is 18.0. The first-order chi connectivity index (χ1) is 13.9. The van der Waals surface area contributed by atoms with Gasteiger partial charge < -0.3 is 5.32 Å². The first kappa shape index (κ1) is 21.5. The molecule has 5 heteroatoms. The van der Waals surface area contributed by atoms with Gasteiger partial charge in [0.1, 0.15) is 0 Å². The monoisotopic (exact) mass is 394 g/mol. The van der Waals surface area contributed by atoms with Gasteiger partial charge in [0.05, 0.1) is 18.2 Å². The Morgan fingerprint density at radius 3 is 2.48 bits per heavy atom. The van der Waals surface area contributed by atoms with Crippen molar-refractivity contribution in [3.63, 3.8) is 0 Å². The van der Waals surface area contributed by atoms with Gasteiger partial charge >= 0.3 is 0 Å². The van der Waals surface area contributed by atoms with E-state index in [9.17, 15) is 4.79 Å². The lowest BCUT2D eigenvalue weighted by atomic mass is 9.84. The van der Waals surface area contributed by atoms with E-state index in [1.807, 2.05) is 45.0 Å². The van der Waals surface area contributed by atoms with Crippen molar-refractivity contribution < 1.29 is 4.79 Å². The van der Waals surface area contributed by atoms with Crippen LogP contribution in [0.5, 0.6) is 0 Å². The number of likely N-dealkylation sites (tertiary alicyclic amines) is 1. The van der Waals surface area contributed by atoms with Crippen molar-refractivity contribution in [3.8, 4) is 6.07 Å². The van der Waals surface area contributed by atoms with Crippen LogP contribution in [0.2, 0.25) is 0 Å². The molecule has 0 aromatic heterocycles. The van der Waals surface area contributed by atoms with Crippen LogP contribution in [-0.4, -0.2) is 49.6 Å². The standard InChI is InChI=1S/C24H34N4O/c1-24(2,3)23(29)17-28-15-19-7-8-20(16-28)22(19)14-26-11-4-12-27-21-9-5-18(13-25)6-10-21/h5-6,9-10,14,19-20,22,27H,4,7-8,11-12,15-17H2,1-3H3. The Hall–Kier alpha value is -2.19. The molecule has 2 fully saturated rings. The number of benzene rings is 1. The lowest BCUT2D eigenvalue weighted by Gasteiger charge is -2.37. The maximum atomic E-state index is 12.4. The van der Waals surface area contributed by atoms with Crippen molar-refractivity contribution >= 4 is 17.7 Å². The summed E-state index contributed by atoms with van der Waals surface area (Å²) in [5.41, 5.74) is 1.48. The van der Waals surface area contributed by atoms with Crippen molar-refractivity contribution in [3.05, 3.63) is 29.8 Å². The van der Waals surface area contributed by atoms with Crippen LogP contribution >= 0.6 is 0 Å². The summed E-state index contributed by atoms with van der Waals surface area (Å²) in [5, 5.41) is 12.2. The fraction of sp³-hybridized carbons (Fsp3) is 0.625. The van der Waals surface area contributed by atoms with Crippen LogP contribution in [0.25, 0.3) is 0 Å². The Bertz CT molecular complexity index is 743. The third kappa shape index (κ3) is 5.90. The summed E-state index contributed by atoms with van der Waals surface area (Å²) >= 11 is 0. The van der Waals surface area contributed by atoms with E-state index in [0.29, 0.717) is 35.6 Å². The highest BCUT2D eigenvalue weighted by Gasteiger charge is 2.41. The van der Waals surface area contributed by atoms with Gasteiger partial charge in [-0.15, -0.1) is 0 Å². The van der Waals surface area contributed by atoms with Crippen LogP contribution in [0.15, 0.2) is 29.3 Å². The molecule has 1 aliphatic carbocycles. The summed E-state index contributed by atoms with van der Waals surface area (Å²) in [6.07, 6.45) is 5.74. The molecule has 2 aliphatic rings. The van der Waals surface area contributed by atoms with E-state index < -0.39 is 0 Å². The quantitative estimate of drug-likeness (QED) is 0.534. The molecule has 2 bridgehead atoms. The fourth-order valence-electron chi connectivity index (χ4n) is 4.44. The molecule has 2 atom stereocenters. The molecule has 0 spiro atoms. The van der Waals surface area contributed by atoms with E-state index in [0.717, 1.165) is 38.3 Å². The predicted octanol–water partition coefficient (Wildman–Crippen LogP) is 4.00. The van der Waals surface area contributed by atoms with E-state index in [4.69, 9.17) is 10.3 Å². The second kappa shape index (κ2) is 9.54. The van der Waals surface area contributed by atoms with E-state index >= 15 is 0 Å². The van der Waals surface area contributed by atoms with Gasteiger partial charge in [0.25, 0.3) is 0 Å². The number of ketones is 1. The molecule has 1 aromatic carbocycles. The number of fused-ring (bicyclic) bond motifs is 2. The molecular weight excluding hydrogens is 360 g/mol. The molecule has 29 heavy (non-hydrogen) atoms. The van der Waals surface area contributed by atoms with Crippen LogP contribution in [0.4, 0.5) is 5.69 Å². The van der Waals surface area contributed by atoms with E-state index in [1.165, 1.54) is 12.8 Å². The number of carbonyl (C=O) groups excluding carboxylic acids is 1. The first-order valence-corrected chi connectivity index (χ1v) is 10.9. The zero-order chi connectivity index (χ0) is 20.9. The van der Waals surface area contributed by atoms with Gasteiger partial charge in [-0.25, -0.2) is 0 Å². The SMILES string of the molecule is CC(C)(C)C(=O)CN1CC2CCC(C1)C2C=NCCCNc1ccc(C#N)cc1. The number of piperidine rings is 1. The summed E-state index contributed by atoms with van der Waals surface area (Å²) in [6, 6.07) is 9.68. The highest BCUT2D eigenvalue weighted by atomic mass is 16.1. The molecule has 1 aromatic rings. The van der Waals surface area contributed by atoms with Crippen molar-refractivity contribution in [1.82, 2.24) is 4.90 Å². The minimum atomic E-state index is -0.247. The Morgan fingerprint density at radius 2 is 1.90 bits per heavy atom. The number of hydrogen-bond donors (Lipinski definition) is 1. The predicted molar refractivity (Wildman–Crippen MR) is 118 cm³/mol. The maximum Gasteiger partial charge on any atom is 0.152 e. The minimum absolute atomic E-state index is 0.247. The molecule has 0 amide bonds. The molecule has 1 heterocycles. The number of aliphatic imine (C=N–C) groups is 1. The van der Waals surface area contributed by atoms with Gasteiger partial charge in [-0.1, -0.05) is 20.8 Å². The number of anilines is 1. The molecule has 2 unspecified atom stereocenters. The van der Waals surface area contributed by atoms with E-state index in [-0.39, 0.29) is 5.41 Å². The third-order valence-electron chi connectivity index (χ3n) is 6.27. The van der Waals surface area contributed by atoms with Gasteiger partial charge in [0.2, 0.25) is 0 Å². The highest BCUT2D eigenvalue weighted by molar-refractivity contribution is 5.85. The molecule has 1 N–H and O–H groups in total. The summed E-state index contributed by atoms with van der Waals surface area (Å²) in [7, 11) is 0. The maximum absolute atomic E-state index is 12.4. The molecule has 1 aliphatic heterocycles. The number of rotatable bonds is 8. The zero-order valence-electron chi connectivity index (χ0n) is 18.0. The highest BCUT2D eigenvalue weighted by Crippen LogP contribution is 2.41. The Labute approximate surface area is 175 Å². The number of hydrogen-bond acceptors (Lipinski definition) is 5. The van der Waals surface area contributed by atoms with Crippen LogP contribution in [-0.2, 0) is 4.79 Å². The first-order valence-electron chi connectivity index (χ1n) is 10.9. The van der Waals surface area contributed by atoms with Gasteiger partial charge in [-0.2, -0.15) is 5.26 Å². The summed E-state index contributed by atoms with van der Waals surface area (Å²) in [5.74, 6) is 2.24. The van der Waals surface area contributed by atoms with E-state index in [2.05, 4.69) is 22.5 Å². The number of Topliss-reactive ketones (excluding diaryl/α,β-unsaturated/α-hetero) is 1. The van der Waals surface area contributed by atoms with Crippen molar-refractivity contribution in [1.29, 1.82) is 5.26 Å². The normalized spacial score (nSPS) is 24.6. The van der Waals surface area contributed by atoms with Gasteiger partial charge in [-0.3, -0.25) is 14.7 Å². The van der Waals surface area contributed by atoms with E-state index in [1.54, 1.807) is 0 Å². The molecule has 156 valence electrons. The number of carbonyl (C=O) groups is 1. The number of nitriles is 1. The molecular formula is C24H34N4O. The Morgan fingerprint density at radius 1 is 1.24 bits per heavy atom. The minimum Gasteiger partial charge on any atom is -0.385 e. The molecule has 0 radical (unpaired) electrons. The average Bonchev–Trinajstić information content (AvgIpc) is 2.92. The topological polar surface area (TPSA) is 68.5 Å². The largest absolute Gasteiger partial charge is 0.385 e. The second-order valence-corrected chi connectivity index (χ2v) is 9.57. The summed E-state index contributed by atoms with van der Waals surface area (Å²) in [6.45, 7) is 10.4. The van der Waals surface area contributed by atoms with Gasteiger partial charge in [0.15, 0.2) is 5.78 Å². The molecule has 3 rings (SSSR count). The molecule has 1 saturated heterocycles.